The van der Waals surface area contributed by atoms with Gasteiger partial charge in [0.25, 0.3) is 0 Å². The predicted molar refractivity (Wildman–Crippen MR) is 38.8 cm³/mol. The van der Waals surface area contributed by atoms with E-state index >= 15 is 0 Å². The zero-order valence-electron chi connectivity index (χ0n) is 5.83. The van der Waals surface area contributed by atoms with Crippen LogP contribution in [-0.2, 0) is 0 Å². The molecule has 0 N–H and O–H groups in total. The molecule has 0 unspecified atom stereocenters. The molecular formula is C6H11N3. The largest absolute Gasteiger partial charge is 0.265 e. The van der Waals surface area contributed by atoms with E-state index in [1.54, 1.807) is 6.21 Å². The lowest BCUT2D eigenvalue weighted by Crippen LogP contribution is -2.24. The zero-order valence-corrected chi connectivity index (χ0v) is 5.83. The van der Waals surface area contributed by atoms with Crippen LogP contribution in [0.4, 0.5) is 0 Å². The SMILES string of the molecule is CCC1=NCC=NN1C. The standard InChI is InChI=1S/C6H11N3/c1-3-6-7-4-5-8-9(6)2/h5H,3-4H2,1-2H3. The Morgan fingerprint density at radius 2 is 2.56 bits per heavy atom. The summed E-state index contributed by atoms with van der Waals surface area (Å²) in [6.45, 7) is 2.82. The predicted octanol–water partition coefficient (Wildman–Crippen LogP) is 0.726. The molecule has 1 rings (SSSR count). The second-order valence-corrected chi connectivity index (χ2v) is 1.93. The molecular weight excluding hydrogens is 114 g/mol. The van der Waals surface area contributed by atoms with Gasteiger partial charge in [0.2, 0.25) is 0 Å². The van der Waals surface area contributed by atoms with Crippen molar-refractivity contribution in [1.29, 1.82) is 0 Å². The van der Waals surface area contributed by atoms with E-state index in [0.717, 1.165) is 18.8 Å². The minimum absolute atomic E-state index is 0.744. The third-order valence-electron chi connectivity index (χ3n) is 1.30. The number of hydrogen-bond acceptors (Lipinski definition) is 3. The van der Waals surface area contributed by atoms with Crippen molar-refractivity contribution in [2.75, 3.05) is 13.6 Å². The van der Waals surface area contributed by atoms with Crippen LogP contribution >= 0.6 is 0 Å². The average molecular weight is 125 g/mol. The average Bonchev–Trinajstić information content (AvgIpc) is 1.89. The van der Waals surface area contributed by atoms with Crippen molar-refractivity contribution < 1.29 is 0 Å². The molecule has 0 saturated heterocycles. The van der Waals surface area contributed by atoms with E-state index in [0.29, 0.717) is 0 Å². The lowest BCUT2D eigenvalue weighted by molar-refractivity contribution is 0.525. The van der Waals surface area contributed by atoms with Crippen molar-refractivity contribution in [3.63, 3.8) is 0 Å². The van der Waals surface area contributed by atoms with Crippen LogP contribution in [0.15, 0.2) is 10.1 Å². The second-order valence-electron chi connectivity index (χ2n) is 1.93. The van der Waals surface area contributed by atoms with Crippen molar-refractivity contribution in [3.8, 4) is 0 Å². The van der Waals surface area contributed by atoms with E-state index in [-0.39, 0.29) is 0 Å². The van der Waals surface area contributed by atoms with Crippen LogP contribution in [0.3, 0.4) is 0 Å². The number of hydrogen-bond donors (Lipinski definition) is 0. The van der Waals surface area contributed by atoms with Gasteiger partial charge in [-0.1, -0.05) is 6.92 Å². The molecule has 9 heavy (non-hydrogen) atoms. The first-order valence-corrected chi connectivity index (χ1v) is 3.14. The van der Waals surface area contributed by atoms with Gasteiger partial charge in [-0.25, -0.2) is 0 Å². The van der Waals surface area contributed by atoms with E-state index in [4.69, 9.17) is 0 Å². The highest BCUT2D eigenvalue weighted by molar-refractivity contribution is 5.85. The molecule has 1 aliphatic rings. The molecule has 0 atom stereocenters. The molecule has 50 valence electrons. The maximum Gasteiger partial charge on any atom is 0.119 e. The highest BCUT2D eigenvalue weighted by Gasteiger charge is 2.02. The summed E-state index contributed by atoms with van der Waals surface area (Å²) >= 11 is 0. The first-order valence-electron chi connectivity index (χ1n) is 3.14. The molecule has 0 aliphatic carbocycles. The number of hydrazone groups is 1. The lowest BCUT2D eigenvalue weighted by Gasteiger charge is -2.16. The Labute approximate surface area is 55.1 Å². The fourth-order valence-electron chi connectivity index (χ4n) is 0.815. The van der Waals surface area contributed by atoms with Gasteiger partial charge < -0.3 is 0 Å². The normalized spacial score (nSPS) is 18.0. The maximum atomic E-state index is 4.22. The molecule has 0 radical (unpaired) electrons. The number of nitrogens with zero attached hydrogens (tertiary/aromatic N) is 3. The van der Waals surface area contributed by atoms with Crippen molar-refractivity contribution in [2.45, 2.75) is 13.3 Å². The minimum Gasteiger partial charge on any atom is -0.265 e. The van der Waals surface area contributed by atoms with E-state index in [1.165, 1.54) is 0 Å². The van der Waals surface area contributed by atoms with E-state index < -0.39 is 0 Å². The Morgan fingerprint density at radius 1 is 1.78 bits per heavy atom. The first-order chi connectivity index (χ1) is 4.34. The molecule has 0 aromatic rings. The van der Waals surface area contributed by atoms with E-state index in [1.807, 2.05) is 12.1 Å². The molecule has 0 saturated carbocycles. The van der Waals surface area contributed by atoms with Crippen LogP contribution in [0.2, 0.25) is 0 Å². The summed E-state index contributed by atoms with van der Waals surface area (Å²) in [5.41, 5.74) is 0. The quantitative estimate of drug-likeness (QED) is 0.507. The molecule has 0 fully saturated rings. The van der Waals surface area contributed by atoms with Gasteiger partial charge in [-0.3, -0.25) is 10.0 Å². The van der Waals surface area contributed by atoms with Gasteiger partial charge in [-0.2, -0.15) is 5.10 Å². The molecule has 0 spiro atoms. The number of amidine groups is 1. The van der Waals surface area contributed by atoms with Crippen LogP contribution in [-0.4, -0.2) is 30.7 Å². The molecule has 3 heteroatoms. The number of aliphatic imine (C=N–C) groups is 1. The lowest BCUT2D eigenvalue weighted by atomic mass is 10.4. The Morgan fingerprint density at radius 3 is 3.00 bits per heavy atom. The third-order valence-corrected chi connectivity index (χ3v) is 1.30. The van der Waals surface area contributed by atoms with E-state index in [2.05, 4.69) is 17.0 Å². The summed E-state index contributed by atoms with van der Waals surface area (Å²) in [6.07, 6.45) is 2.77. The molecule has 1 aliphatic heterocycles. The number of rotatable bonds is 1. The Bertz CT molecular complexity index is 148. The van der Waals surface area contributed by atoms with Crippen molar-refractivity contribution >= 4 is 12.1 Å². The second kappa shape index (κ2) is 2.62. The Kier molecular flexibility index (Phi) is 1.82. The third kappa shape index (κ3) is 1.28. The highest BCUT2D eigenvalue weighted by atomic mass is 15.5. The van der Waals surface area contributed by atoms with Crippen LogP contribution in [0.5, 0.6) is 0 Å². The van der Waals surface area contributed by atoms with Gasteiger partial charge in [0.1, 0.15) is 5.84 Å². The highest BCUT2D eigenvalue weighted by Crippen LogP contribution is 1.96. The minimum atomic E-state index is 0.744. The fraction of sp³-hybridized carbons (Fsp3) is 0.667. The zero-order chi connectivity index (χ0) is 6.69. The summed E-state index contributed by atoms with van der Waals surface area (Å²) in [4.78, 5) is 4.22. The topological polar surface area (TPSA) is 28.0 Å². The van der Waals surface area contributed by atoms with Gasteiger partial charge in [0.15, 0.2) is 0 Å². The summed E-state index contributed by atoms with van der Waals surface area (Å²) in [5, 5.41) is 5.87. The first kappa shape index (κ1) is 6.26. The van der Waals surface area contributed by atoms with Gasteiger partial charge in [0, 0.05) is 19.7 Å². The summed E-state index contributed by atoms with van der Waals surface area (Å²) < 4.78 is 0. The van der Waals surface area contributed by atoms with Gasteiger partial charge >= 0.3 is 0 Å². The van der Waals surface area contributed by atoms with Crippen LogP contribution in [0.25, 0.3) is 0 Å². The molecule has 0 aromatic carbocycles. The fourth-order valence-corrected chi connectivity index (χ4v) is 0.815. The van der Waals surface area contributed by atoms with Crippen molar-refractivity contribution in [2.24, 2.45) is 10.1 Å². The van der Waals surface area contributed by atoms with Gasteiger partial charge in [0.05, 0.1) is 6.54 Å². The van der Waals surface area contributed by atoms with Crippen molar-refractivity contribution in [1.82, 2.24) is 5.01 Å². The molecule has 1 heterocycles. The van der Waals surface area contributed by atoms with Gasteiger partial charge in [-0.15, -0.1) is 0 Å². The summed E-state index contributed by atoms with van der Waals surface area (Å²) in [5.74, 6) is 1.07. The monoisotopic (exact) mass is 125 g/mol. The summed E-state index contributed by atoms with van der Waals surface area (Å²) in [7, 11) is 1.91. The Hall–Kier alpha value is -0.860. The molecule has 0 bridgehead atoms. The van der Waals surface area contributed by atoms with E-state index in [9.17, 15) is 0 Å². The smallest absolute Gasteiger partial charge is 0.119 e. The van der Waals surface area contributed by atoms with Crippen LogP contribution < -0.4 is 0 Å². The summed E-state index contributed by atoms with van der Waals surface area (Å²) in [6, 6.07) is 0. The molecule has 0 amide bonds. The molecule has 3 nitrogen and oxygen atoms in total. The maximum absolute atomic E-state index is 4.22. The molecule has 0 aromatic heterocycles. The van der Waals surface area contributed by atoms with Crippen molar-refractivity contribution in [3.05, 3.63) is 0 Å². The van der Waals surface area contributed by atoms with Crippen LogP contribution in [0.1, 0.15) is 13.3 Å². The van der Waals surface area contributed by atoms with Crippen LogP contribution in [0, 0.1) is 0 Å². The van der Waals surface area contributed by atoms with Gasteiger partial charge in [-0.05, 0) is 0 Å². The Balaban J connectivity index is 2.59.